The summed E-state index contributed by atoms with van der Waals surface area (Å²) in [6.45, 7) is 4.14. The Labute approximate surface area is 145 Å². The molecule has 1 atom stereocenters. The molecule has 4 rings (SSSR count). The summed E-state index contributed by atoms with van der Waals surface area (Å²) in [5, 5.41) is 15.1. The average molecular weight is 339 g/mol. The number of carbonyl (C=O) groups is 1. The lowest BCUT2D eigenvalue weighted by Gasteiger charge is -2.33. The number of benzene rings is 1. The van der Waals surface area contributed by atoms with E-state index >= 15 is 0 Å². The number of fused-ring (bicyclic) bond motifs is 3. The van der Waals surface area contributed by atoms with Crippen LogP contribution in [0, 0.1) is 5.92 Å². The predicted molar refractivity (Wildman–Crippen MR) is 94.3 cm³/mol. The first kappa shape index (κ1) is 15.7. The Hall–Kier alpha value is -2.77. The third-order valence-electron chi connectivity index (χ3n) is 4.75. The smallest absolute Gasteiger partial charge is 0.222 e. The molecule has 0 spiro atoms. The number of carbonyl (C=O) groups excluding carboxylic acids is 1. The summed E-state index contributed by atoms with van der Waals surface area (Å²) in [6, 6.07) is 7.89. The summed E-state index contributed by atoms with van der Waals surface area (Å²) in [6.07, 6.45) is 3.25. The van der Waals surface area contributed by atoms with Crippen molar-refractivity contribution in [1.82, 2.24) is 30.3 Å². The highest BCUT2D eigenvalue weighted by atomic mass is 16.1. The van der Waals surface area contributed by atoms with Crippen molar-refractivity contribution in [1.29, 1.82) is 0 Å². The molecule has 0 aliphatic carbocycles. The van der Waals surface area contributed by atoms with Crippen molar-refractivity contribution in [2.24, 2.45) is 5.92 Å². The second-order valence-electron chi connectivity index (χ2n) is 6.56. The molecule has 8 heteroatoms. The number of aromatic nitrogens is 5. The highest BCUT2D eigenvalue weighted by molar-refractivity contribution is 5.82. The van der Waals surface area contributed by atoms with Crippen LogP contribution in [0.1, 0.15) is 26.2 Å². The molecule has 130 valence electrons. The van der Waals surface area contributed by atoms with Gasteiger partial charge in [-0.1, -0.05) is 12.1 Å². The van der Waals surface area contributed by atoms with E-state index in [9.17, 15) is 4.79 Å². The van der Waals surface area contributed by atoms with Crippen LogP contribution in [-0.4, -0.2) is 50.6 Å². The molecule has 1 aliphatic heterocycles. The molecular formula is C17H21N7O. The molecule has 1 unspecified atom stereocenters. The molecule has 1 fully saturated rings. The van der Waals surface area contributed by atoms with E-state index in [0.29, 0.717) is 11.6 Å². The van der Waals surface area contributed by atoms with Gasteiger partial charge in [0.2, 0.25) is 11.6 Å². The van der Waals surface area contributed by atoms with Crippen LogP contribution in [-0.2, 0) is 4.79 Å². The first-order valence-corrected chi connectivity index (χ1v) is 8.68. The van der Waals surface area contributed by atoms with Crippen LogP contribution in [0.15, 0.2) is 24.3 Å². The van der Waals surface area contributed by atoms with E-state index in [0.717, 1.165) is 49.3 Å². The molecule has 1 amide bonds. The average Bonchev–Trinajstić information content (AvgIpc) is 3.11. The van der Waals surface area contributed by atoms with E-state index < -0.39 is 0 Å². The van der Waals surface area contributed by atoms with Crippen LogP contribution >= 0.6 is 0 Å². The van der Waals surface area contributed by atoms with Gasteiger partial charge >= 0.3 is 0 Å². The Bertz CT molecular complexity index is 906. The molecule has 0 saturated carbocycles. The largest absolute Gasteiger partial charge is 0.356 e. The van der Waals surface area contributed by atoms with Crippen molar-refractivity contribution in [3.05, 3.63) is 24.3 Å². The first-order valence-electron chi connectivity index (χ1n) is 8.68. The van der Waals surface area contributed by atoms with E-state index in [4.69, 9.17) is 4.98 Å². The Balaban J connectivity index is 1.61. The van der Waals surface area contributed by atoms with Gasteiger partial charge < -0.3 is 10.2 Å². The molecule has 1 aliphatic rings. The molecule has 3 aromatic rings. The van der Waals surface area contributed by atoms with Gasteiger partial charge in [0.05, 0.1) is 11.0 Å². The number of para-hydroxylation sites is 2. The van der Waals surface area contributed by atoms with E-state index in [1.54, 1.807) is 11.4 Å². The third-order valence-corrected chi connectivity index (χ3v) is 4.75. The number of amides is 1. The molecule has 1 saturated heterocycles. The van der Waals surface area contributed by atoms with Gasteiger partial charge in [0.15, 0.2) is 5.82 Å². The molecule has 2 aromatic heterocycles. The maximum Gasteiger partial charge on any atom is 0.222 e. The summed E-state index contributed by atoms with van der Waals surface area (Å²) in [5.41, 5.74) is 2.49. The normalized spacial score (nSPS) is 18.0. The minimum Gasteiger partial charge on any atom is -0.356 e. The Morgan fingerprint density at radius 2 is 2.24 bits per heavy atom. The summed E-state index contributed by atoms with van der Waals surface area (Å²) < 4.78 is 1.76. The van der Waals surface area contributed by atoms with Crippen LogP contribution in [0.2, 0.25) is 0 Å². The van der Waals surface area contributed by atoms with Gasteiger partial charge in [0, 0.05) is 26.6 Å². The Morgan fingerprint density at radius 3 is 3.12 bits per heavy atom. The van der Waals surface area contributed by atoms with Crippen molar-refractivity contribution >= 4 is 28.4 Å². The predicted octanol–water partition coefficient (Wildman–Crippen LogP) is 1.42. The van der Waals surface area contributed by atoms with Gasteiger partial charge in [-0.3, -0.25) is 4.79 Å². The summed E-state index contributed by atoms with van der Waals surface area (Å²) in [4.78, 5) is 18.2. The van der Waals surface area contributed by atoms with Crippen molar-refractivity contribution in [2.45, 2.75) is 26.2 Å². The second kappa shape index (κ2) is 6.62. The fourth-order valence-electron chi connectivity index (χ4n) is 3.55. The molecule has 8 nitrogen and oxygen atoms in total. The molecular weight excluding hydrogens is 318 g/mol. The minimum absolute atomic E-state index is 0.0279. The van der Waals surface area contributed by atoms with Crippen LogP contribution < -0.4 is 10.2 Å². The molecule has 0 radical (unpaired) electrons. The monoisotopic (exact) mass is 339 g/mol. The molecule has 25 heavy (non-hydrogen) atoms. The maximum atomic E-state index is 11.1. The molecule has 1 aromatic carbocycles. The number of hydrogen-bond acceptors (Lipinski definition) is 6. The highest BCUT2D eigenvalue weighted by Gasteiger charge is 2.24. The minimum atomic E-state index is 0.0279. The molecule has 0 bridgehead atoms. The number of anilines is 1. The van der Waals surface area contributed by atoms with Crippen LogP contribution in [0.3, 0.4) is 0 Å². The fraction of sp³-hybridized carbons (Fsp3) is 0.471. The highest BCUT2D eigenvalue weighted by Crippen LogP contribution is 2.27. The SMILES string of the molecule is CC(=O)NCCC1CCCN(c2nc3ccccc3n3nnnc23)C1. The van der Waals surface area contributed by atoms with E-state index in [1.807, 2.05) is 24.3 Å². The number of nitrogens with one attached hydrogen (secondary N) is 1. The van der Waals surface area contributed by atoms with Gasteiger partial charge in [-0.2, -0.15) is 4.52 Å². The summed E-state index contributed by atoms with van der Waals surface area (Å²) in [5.74, 6) is 1.40. The van der Waals surface area contributed by atoms with Crippen molar-refractivity contribution in [2.75, 3.05) is 24.5 Å². The number of piperidine rings is 1. The Morgan fingerprint density at radius 1 is 1.36 bits per heavy atom. The quantitative estimate of drug-likeness (QED) is 0.773. The van der Waals surface area contributed by atoms with Gasteiger partial charge in [-0.15, -0.1) is 5.10 Å². The standard InChI is InChI=1S/C17H21N7O/c1-12(25)18-9-8-13-5-4-10-23(11-13)16-17-20-21-22-24(17)15-7-3-2-6-14(15)19-16/h2-3,6-7,13H,4-5,8-11H2,1H3,(H,18,25). The Kier molecular flexibility index (Phi) is 4.17. The topological polar surface area (TPSA) is 88.3 Å². The number of rotatable bonds is 4. The van der Waals surface area contributed by atoms with Gasteiger partial charge in [0.1, 0.15) is 0 Å². The van der Waals surface area contributed by atoms with Crippen LogP contribution in [0.4, 0.5) is 5.82 Å². The lowest BCUT2D eigenvalue weighted by molar-refractivity contribution is -0.119. The zero-order valence-corrected chi connectivity index (χ0v) is 14.2. The van der Waals surface area contributed by atoms with Crippen molar-refractivity contribution < 1.29 is 4.79 Å². The van der Waals surface area contributed by atoms with Gasteiger partial charge in [0.25, 0.3) is 0 Å². The van der Waals surface area contributed by atoms with E-state index in [1.165, 1.54) is 6.42 Å². The molecule has 1 N–H and O–H groups in total. The number of tetrazole rings is 1. The zero-order valence-electron chi connectivity index (χ0n) is 14.2. The van der Waals surface area contributed by atoms with Gasteiger partial charge in [-0.05, 0) is 47.7 Å². The second-order valence-corrected chi connectivity index (χ2v) is 6.56. The number of nitrogens with zero attached hydrogens (tertiary/aromatic N) is 6. The lowest BCUT2D eigenvalue weighted by Crippen LogP contribution is -2.37. The van der Waals surface area contributed by atoms with Gasteiger partial charge in [-0.25, -0.2) is 4.98 Å². The summed E-state index contributed by atoms with van der Waals surface area (Å²) >= 11 is 0. The van der Waals surface area contributed by atoms with Crippen LogP contribution in [0.25, 0.3) is 16.7 Å². The van der Waals surface area contributed by atoms with Crippen molar-refractivity contribution in [3.63, 3.8) is 0 Å². The maximum absolute atomic E-state index is 11.1. The molecule has 3 heterocycles. The van der Waals surface area contributed by atoms with E-state index in [2.05, 4.69) is 25.7 Å². The van der Waals surface area contributed by atoms with Crippen LogP contribution in [0.5, 0.6) is 0 Å². The first-order chi connectivity index (χ1) is 12.2. The third kappa shape index (κ3) is 3.11. The van der Waals surface area contributed by atoms with E-state index in [-0.39, 0.29) is 5.91 Å². The van der Waals surface area contributed by atoms with Crippen molar-refractivity contribution in [3.8, 4) is 0 Å². The summed E-state index contributed by atoms with van der Waals surface area (Å²) in [7, 11) is 0. The zero-order chi connectivity index (χ0) is 17.2. The number of hydrogen-bond donors (Lipinski definition) is 1. The fourth-order valence-corrected chi connectivity index (χ4v) is 3.55. The lowest BCUT2D eigenvalue weighted by atomic mass is 9.95.